The first-order valence-corrected chi connectivity index (χ1v) is 5.87. The van der Waals surface area contributed by atoms with Crippen LogP contribution in [0.4, 0.5) is 18.9 Å². The number of aryl methyl sites for hydroxylation is 1. The molecule has 0 saturated heterocycles. The lowest BCUT2D eigenvalue weighted by atomic mass is 10.2. The van der Waals surface area contributed by atoms with Crippen LogP contribution >= 0.6 is 0 Å². The number of rotatable bonds is 5. The predicted molar refractivity (Wildman–Crippen MR) is 64.8 cm³/mol. The molecule has 0 bridgehead atoms. The molecule has 0 atom stereocenters. The molecular formula is C11H14F3N5O. The highest BCUT2D eigenvalue weighted by Gasteiger charge is 2.37. The van der Waals surface area contributed by atoms with Gasteiger partial charge in [0.25, 0.3) is 0 Å². The van der Waals surface area contributed by atoms with Crippen LogP contribution < -0.4 is 5.32 Å². The lowest BCUT2D eigenvalue weighted by Gasteiger charge is -2.10. The molecule has 2 rings (SSSR count). The molecule has 0 spiro atoms. The molecule has 0 aliphatic rings. The van der Waals surface area contributed by atoms with Gasteiger partial charge in [-0.05, 0) is 0 Å². The molecule has 0 radical (unpaired) electrons. The van der Waals surface area contributed by atoms with Gasteiger partial charge in [-0.3, -0.25) is 9.36 Å². The number of nitrogens with one attached hydrogen (secondary N) is 1. The lowest BCUT2D eigenvalue weighted by molar-refractivity contribution is -0.144. The second-order valence-electron chi connectivity index (χ2n) is 4.21. The molecule has 0 unspecified atom stereocenters. The number of hydrogen-bond donors (Lipinski definition) is 2. The monoisotopic (exact) mass is 289 g/mol. The van der Waals surface area contributed by atoms with Crippen molar-refractivity contribution in [2.45, 2.75) is 19.3 Å². The molecule has 2 N–H and O–H groups in total. The van der Waals surface area contributed by atoms with Crippen LogP contribution in [0.3, 0.4) is 0 Å². The van der Waals surface area contributed by atoms with Gasteiger partial charge in [0, 0.05) is 25.4 Å². The molecule has 0 aliphatic heterocycles. The molecule has 0 fully saturated rings. The highest BCUT2D eigenvalue weighted by molar-refractivity contribution is 5.39. The number of hydrogen-bond acceptors (Lipinski definition) is 4. The minimum atomic E-state index is -4.44. The van der Waals surface area contributed by atoms with Crippen molar-refractivity contribution in [1.82, 2.24) is 19.6 Å². The first kappa shape index (κ1) is 14.4. The zero-order valence-electron chi connectivity index (χ0n) is 10.7. The Morgan fingerprint density at radius 2 is 2.05 bits per heavy atom. The second kappa shape index (κ2) is 5.53. The summed E-state index contributed by atoms with van der Waals surface area (Å²) in [5.41, 5.74) is -0.127. The van der Waals surface area contributed by atoms with Crippen LogP contribution in [0.25, 0.3) is 0 Å². The molecule has 110 valence electrons. The first-order valence-electron chi connectivity index (χ1n) is 5.87. The van der Waals surface area contributed by atoms with E-state index in [1.807, 2.05) is 0 Å². The standard InChI is InChI=1S/C11H14F3N5O/c1-18-10(11(12,13)14)8(5-16-18)4-15-9-6-17-19(7-9)2-3-20/h5-7,15,20H,2-4H2,1H3. The highest BCUT2D eigenvalue weighted by Crippen LogP contribution is 2.31. The molecule has 2 heterocycles. The Morgan fingerprint density at radius 1 is 1.30 bits per heavy atom. The number of alkyl halides is 3. The summed E-state index contributed by atoms with van der Waals surface area (Å²) in [6.45, 7) is 0.276. The zero-order valence-corrected chi connectivity index (χ0v) is 10.7. The fourth-order valence-electron chi connectivity index (χ4n) is 1.85. The summed E-state index contributed by atoms with van der Waals surface area (Å²) in [4.78, 5) is 0. The van der Waals surface area contributed by atoms with E-state index in [0.29, 0.717) is 12.2 Å². The van der Waals surface area contributed by atoms with Crippen molar-refractivity contribution in [3.8, 4) is 0 Å². The van der Waals surface area contributed by atoms with E-state index in [1.54, 1.807) is 6.20 Å². The van der Waals surface area contributed by atoms with Crippen LogP contribution in [-0.4, -0.2) is 31.3 Å². The fraction of sp³-hybridized carbons (Fsp3) is 0.455. The Morgan fingerprint density at radius 3 is 2.70 bits per heavy atom. The van der Waals surface area contributed by atoms with Gasteiger partial charge in [-0.25, -0.2) is 0 Å². The van der Waals surface area contributed by atoms with E-state index in [-0.39, 0.29) is 18.7 Å². The number of aliphatic hydroxyl groups excluding tert-OH is 1. The van der Waals surface area contributed by atoms with E-state index in [9.17, 15) is 13.2 Å². The Bertz CT molecular complexity index is 575. The fourth-order valence-corrected chi connectivity index (χ4v) is 1.85. The summed E-state index contributed by atoms with van der Waals surface area (Å²) in [6, 6.07) is 0. The molecule has 2 aromatic heterocycles. The van der Waals surface area contributed by atoms with Gasteiger partial charge < -0.3 is 10.4 Å². The predicted octanol–water partition coefficient (Wildman–Crippen LogP) is 1.24. The molecule has 6 nitrogen and oxygen atoms in total. The molecule has 0 amide bonds. The summed E-state index contributed by atoms with van der Waals surface area (Å²) in [5, 5.41) is 19.2. The van der Waals surface area contributed by atoms with Crippen molar-refractivity contribution >= 4 is 5.69 Å². The molecule has 9 heteroatoms. The Hall–Kier alpha value is -2.03. The number of nitrogens with zero attached hydrogens (tertiary/aromatic N) is 4. The summed E-state index contributed by atoms with van der Waals surface area (Å²) in [7, 11) is 1.26. The third kappa shape index (κ3) is 3.10. The third-order valence-electron chi connectivity index (χ3n) is 2.73. The van der Waals surface area contributed by atoms with Gasteiger partial charge in [0.1, 0.15) is 5.69 Å². The van der Waals surface area contributed by atoms with Gasteiger partial charge in [-0.2, -0.15) is 23.4 Å². The maximum absolute atomic E-state index is 12.8. The van der Waals surface area contributed by atoms with Crippen molar-refractivity contribution in [1.29, 1.82) is 0 Å². The van der Waals surface area contributed by atoms with E-state index in [1.165, 1.54) is 24.1 Å². The van der Waals surface area contributed by atoms with Gasteiger partial charge in [-0.1, -0.05) is 0 Å². The summed E-state index contributed by atoms with van der Waals surface area (Å²) in [5.74, 6) is 0. The van der Waals surface area contributed by atoms with Crippen LogP contribution in [0.2, 0.25) is 0 Å². The van der Waals surface area contributed by atoms with Crippen molar-refractivity contribution in [2.75, 3.05) is 11.9 Å². The molecule has 0 saturated carbocycles. The van der Waals surface area contributed by atoms with Gasteiger partial charge in [-0.15, -0.1) is 0 Å². The minimum absolute atomic E-state index is 0.00645. The van der Waals surface area contributed by atoms with E-state index in [2.05, 4.69) is 15.5 Å². The molecule has 0 aromatic carbocycles. The third-order valence-corrected chi connectivity index (χ3v) is 2.73. The average molecular weight is 289 g/mol. The highest BCUT2D eigenvalue weighted by atomic mass is 19.4. The van der Waals surface area contributed by atoms with Crippen molar-refractivity contribution in [3.63, 3.8) is 0 Å². The maximum Gasteiger partial charge on any atom is 0.433 e. The quantitative estimate of drug-likeness (QED) is 0.869. The SMILES string of the molecule is Cn1ncc(CNc2cnn(CCO)c2)c1C(F)(F)F. The Balaban J connectivity index is 2.07. The smallest absolute Gasteiger partial charge is 0.394 e. The summed E-state index contributed by atoms with van der Waals surface area (Å²) in [6.07, 6.45) is -0.156. The van der Waals surface area contributed by atoms with Crippen molar-refractivity contribution in [2.24, 2.45) is 7.05 Å². The maximum atomic E-state index is 12.8. The van der Waals surface area contributed by atoms with Gasteiger partial charge in [0.05, 0.1) is 31.2 Å². The molecule has 20 heavy (non-hydrogen) atoms. The number of halogens is 3. The van der Waals surface area contributed by atoms with Gasteiger partial charge in [0.15, 0.2) is 0 Å². The summed E-state index contributed by atoms with van der Waals surface area (Å²) < 4.78 is 40.8. The Labute approximate surface area is 112 Å². The van der Waals surface area contributed by atoms with Crippen LogP contribution in [0.1, 0.15) is 11.3 Å². The van der Waals surface area contributed by atoms with E-state index < -0.39 is 11.9 Å². The average Bonchev–Trinajstić information content (AvgIpc) is 2.93. The Kier molecular flexibility index (Phi) is 3.98. The van der Waals surface area contributed by atoms with E-state index in [0.717, 1.165) is 4.68 Å². The van der Waals surface area contributed by atoms with Crippen LogP contribution in [0.5, 0.6) is 0 Å². The van der Waals surface area contributed by atoms with Crippen molar-refractivity contribution < 1.29 is 18.3 Å². The van der Waals surface area contributed by atoms with Crippen LogP contribution in [0, 0.1) is 0 Å². The molecule has 2 aromatic rings. The van der Waals surface area contributed by atoms with Gasteiger partial charge >= 0.3 is 6.18 Å². The second-order valence-corrected chi connectivity index (χ2v) is 4.21. The first-order chi connectivity index (χ1) is 9.41. The lowest BCUT2D eigenvalue weighted by Crippen LogP contribution is -2.15. The summed E-state index contributed by atoms with van der Waals surface area (Å²) >= 11 is 0. The van der Waals surface area contributed by atoms with Crippen molar-refractivity contribution in [3.05, 3.63) is 29.8 Å². The van der Waals surface area contributed by atoms with E-state index in [4.69, 9.17) is 5.11 Å². The largest absolute Gasteiger partial charge is 0.433 e. The zero-order chi connectivity index (χ0) is 14.8. The van der Waals surface area contributed by atoms with Crippen LogP contribution in [0.15, 0.2) is 18.6 Å². The number of aromatic nitrogens is 4. The van der Waals surface area contributed by atoms with Gasteiger partial charge in [0.2, 0.25) is 0 Å². The van der Waals surface area contributed by atoms with Crippen LogP contribution in [-0.2, 0) is 26.3 Å². The van der Waals surface area contributed by atoms with E-state index >= 15 is 0 Å². The molecule has 0 aliphatic carbocycles. The minimum Gasteiger partial charge on any atom is -0.394 e. The number of anilines is 1. The molecular weight excluding hydrogens is 275 g/mol. The normalized spacial score (nSPS) is 11.8. The topological polar surface area (TPSA) is 67.9 Å². The number of aliphatic hydroxyl groups is 1.